The van der Waals surface area contributed by atoms with E-state index in [0.717, 1.165) is 17.1 Å². The number of carboxylic acid groups (broad SMARTS) is 1. The van der Waals surface area contributed by atoms with Crippen LogP contribution in [0.25, 0.3) is 11.1 Å². The summed E-state index contributed by atoms with van der Waals surface area (Å²) in [7, 11) is -3.90. The Bertz CT molecular complexity index is 1090. The summed E-state index contributed by atoms with van der Waals surface area (Å²) in [5.74, 6) is -0.529. The second kappa shape index (κ2) is 8.14. The molecule has 2 N–H and O–H groups in total. The Labute approximate surface area is 179 Å². The minimum Gasteiger partial charge on any atom is -0.480 e. The molecule has 0 aliphatic carbocycles. The number of fused-ring (bicyclic) bond motifs is 1. The van der Waals surface area contributed by atoms with Gasteiger partial charge in [-0.15, -0.1) is 0 Å². The van der Waals surface area contributed by atoms with Crippen LogP contribution in [-0.2, 0) is 26.1 Å². The number of carboxylic acids is 1. The minimum atomic E-state index is -3.90. The number of nitrogens with one attached hydrogen (secondary N) is 1. The van der Waals surface area contributed by atoms with Crippen LogP contribution in [-0.4, -0.2) is 54.1 Å². The van der Waals surface area contributed by atoms with E-state index in [-0.39, 0.29) is 17.5 Å². The predicted molar refractivity (Wildman–Crippen MR) is 112 cm³/mol. The molecule has 0 radical (unpaired) electrons. The van der Waals surface area contributed by atoms with E-state index in [9.17, 15) is 18.3 Å². The zero-order chi connectivity index (χ0) is 21.5. The highest BCUT2D eigenvalue weighted by Gasteiger charge is 2.40. The molecule has 2 aliphatic rings. The van der Waals surface area contributed by atoms with Gasteiger partial charge < -0.3 is 15.2 Å². The first-order chi connectivity index (χ1) is 14.3. The molecule has 1 aromatic heterocycles. The van der Waals surface area contributed by atoms with Gasteiger partial charge in [0.15, 0.2) is 0 Å². The monoisotopic (exact) mass is 451 g/mol. The van der Waals surface area contributed by atoms with Gasteiger partial charge in [-0.1, -0.05) is 23.7 Å². The van der Waals surface area contributed by atoms with Gasteiger partial charge in [0, 0.05) is 37.6 Å². The molecule has 0 spiro atoms. The fraction of sp³-hybridized carbons (Fsp3) is 0.400. The largest absolute Gasteiger partial charge is 0.480 e. The lowest BCUT2D eigenvalue weighted by Crippen LogP contribution is -2.38. The van der Waals surface area contributed by atoms with Crippen LogP contribution in [0.5, 0.6) is 0 Å². The highest BCUT2D eigenvalue weighted by atomic mass is 35.5. The first kappa shape index (κ1) is 21.0. The zero-order valence-electron chi connectivity index (χ0n) is 16.3. The van der Waals surface area contributed by atoms with Gasteiger partial charge in [0.1, 0.15) is 11.9 Å². The number of sulfonamides is 1. The summed E-state index contributed by atoms with van der Waals surface area (Å²) in [5, 5.41) is 13.0. The molecule has 1 atom stereocenters. The number of aliphatic carboxylic acids is 1. The van der Waals surface area contributed by atoms with Crippen molar-refractivity contribution in [3.63, 3.8) is 0 Å². The van der Waals surface area contributed by atoms with Crippen molar-refractivity contribution in [3.8, 4) is 11.1 Å². The Morgan fingerprint density at radius 1 is 1.33 bits per heavy atom. The van der Waals surface area contributed by atoms with Crippen LogP contribution in [0.3, 0.4) is 0 Å². The van der Waals surface area contributed by atoms with Crippen LogP contribution in [0.1, 0.15) is 25.3 Å². The first-order valence-electron chi connectivity index (χ1n) is 9.65. The number of nitrogens with zero attached hydrogens (tertiary/aromatic N) is 2. The number of benzene rings is 1. The molecule has 30 heavy (non-hydrogen) atoms. The number of hydrogen-bond acceptors (Lipinski definition) is 6. The van der Waals surface area contributed by atoms with Gasteiger partial charge in [-0.25, -0.2) is 13.4 Å². The van der Waals surface area contributed by atoms with Crippen molar-refractivity contribution in [2.75, 3.05) is 18.5 Å². The number of aromatic nitrogens is 1. The van der Waals surface area contributed by atoms with E-state index in [1.54, 1.807) is 30.5 Å². The van der Waals surface area contributed by atoms with Crippen molar-refractivity contribution in [1.82, 2.24) is 9.29 Å². The molecule has 2 aliphatic heterocycles. The zero-order valence-corrected chi connectivity index (χ0v) is 17.9. The minimum absolute atomic E-state index is 0.0338. The van der Waals surface area contributed by atoms with Crippen molar-refractivity contribution in [3.05, 3.63) is 41.0 Å². The Kier molecular flexibility index (Phi) is 5.71. The molecule has 8 nitrogen and oxygen atoms in total. The quantitative estimate of drug-likeness (QED) is 0.719. The van der Waals surface area contributed by atoms with E-state index in [1.165, 1.54) is 6.92 Å². The third-order valence-corrected chi connectivity index (χ3v) is 7.81. The normalized spacial score (nSPS) is 19.9. The van der Waals surface area contributed by atoms with Gasteiger partial charge in [-0.2, -0.15) is 4.31 Å². The smallest absolute Gasteiger partial charge is 0.321 e. The standard InChI is InChI=1S/C20H22ClN3O5S/c1-12(20(25)26)24-11-14-3-2-13(8-18(14)30(24,27)28)16-9-19(22-10-17(16)21)23-15-4-6-29-7-5-15/h2-3,8-10,12,15H,4-7,11H2,1H3,(H,22,23)(H,25,26)/t12-/m1/s1. The van der Waals surface area contributed by atoms with Gasteiger partial charge in [-0.3, -0.25) is 4.79 Å². The molecule has 0 amide bonds. The Balaban J connectivity index is 1.66. The molecule has 0 saturated carbocycles. The van der Waals surface area contributed by atoms with Gasteiger partial charge >= 0.3 is 5.97 Å². The van der Waals surface area contributed by atoms with E-state index in [0.29, 0.717) is 40.7 Å². The van der Waals surface area contributed by atoms with Crippen LogP contribution in [0, 0.1) is 0 Å². The van der Waals surface area contributed by atoms with Crippen molar-refractivity contribution >= 4 is 33.4 Å². The molecule has 1 fully saturated rings. The van der Waals surface area contributed by atoms with E-state index >= 15 is 0 Å². The summed E-state index contributed by atoms with van der Waals surface area (Å²) in [5.41, 5.74) is 1.85. The number of anilines is 1. The molecular weight excluding hydrogens is 430 g/mol. The number of carbonyl (C=O) groups is 1. The molecule has 2 aromatic rings. The molecule has 160 valence electrons. The summed E-state index contributed by atoms with van der Waals surface area (Å²) < 4.78 is 32.2. The van der Waals surface area contributed by atoms with Gasteiger partial charge in [0.2, 0.25) is 10.0 Å². The topological polar surface area (TPSA) is 109 Å². The Hall–Kier alpha value is -2.20. The summed E-state index contributed by atoms with van der Waals surface area (Å²) in [6.45, 7) is 2.80. The molecule has 1 saturated heterocycles. The lowest BCUT2D eigenvalue weighted by Gasteiger charge is -2.24. The SMILES string of the molecule is C[C@H](C(=O)O)N1Cc2ccc(-c3cc(NC4CCOCC4)ncc3Cl)cc2S1(=O)=O. The first-order valence-corrected chi connectivity index (χ1v) is 11.5. The lowest BCUT2D eigenvalue weighted by molar-refractivity contribution is -0.140. The molecule has 4 rings (SSSR count). The molecule has 0 unspecified atom stereocenters. The van der Waals surface area contributed by atoms with Crippen LogP contribution in [0.15, 0.2) is 35.4 Å². The van der Waals surface area contributed by atoms with Gasteiger partial charge in [0.05, 0.1) is 9.92 Å². The molecule has 1 aromatic carbocycles. The number of pyridine rings is 1. The number of rotatable bonds is 5. The van der Waals surface area contributed by atoms with E-state index in [4.69, 9.17) is 16.3 Å². The number of ether oxygens (including phenoxy) is 1. The third-order valence-electron chi connectivity index (χ3n) is 5.51. The summed E-state index contributed by atoms with van der Waals surface area (Å²) in [6, 6.07) is 5.97. The van der Waals surface area contributed by atoms with Crippen molar-refractivity contribution in [1.29, 1.82) is 0 Å². The molecule has 0 bridgehead atoms. The van der Waals surface area contributed by atoms with Crippen LogP contribution in [0.2, 0.25) is 5.02 Å². The average molecular weight is 452 g/mol. The maximum Gasteiger partial charge on any atom is 0.321 e. The maximum atomic E-state index is 12.9. The second-order valence-electron chi connectivity index (χ2n) is 7.47. The highest BCUT2D eigenvalue weighted by Crippen LogP contribution is 2.37. The van der Waals surface area contributed by atoms with Crippen LogP contribution >= 0.6 is 11.6 Å². The fourth-order valence-electron chi connectivity index (χ4n) is 3.73. The van der Waals surface area contributed by atoms with Crippen LogP contribution in [0.4, 0.5) is 5.82 Å². The van der Waals surface area contributed by atoms with Crippen molar-refractivity contribution < 1.29 is 23.1 Å². The van der Waals surface area contributed by atoms with E-state index in [2.05, 4.69) is 10.3 Å². The Morgan fingerprint density at radius 2 is 2.07 bits per heavy atom. The summed E-state index contributed by atoms with van der Waals surface area (Å²) in [4.78, 5) is 15.8. The third kappa shape index (κ3) is 3.90. The highest BCUT2D eigenvalue weighted by molar-refractivity contribution is 7.89. The van der Waals surface area contributed by atoms with Gasteiger partial charge in [0.25, 0.3) is 0 Å². The predicted octanol–water partition coefficient (Wildman–Crippen LogP) is 2.97. The van der Waals surface area contributed by atoms with Crippen molar-refractivity contribution in [2.45, 2.75) is 43.3 Å². The maximum absolute atomic E-state index is 12.9. The van der Waals surface area contributed by atoms with Crippen LogP contribution < -0.4 is 5.32 Å². The number of hydrogen-bond donors (Lipinski definition) is 2. The van der Waals surface area contributed by atoms with Crippen molar-refractivity contribution in [2.24, 2.45) is 0 Å². The second-order valence-corrected chi connectivity index (χ2v) is 9.73. The molecular formula is C20H22ClN3O5S. The fourth-order valence-corrected chi connectivity index (χ4v) is 5.75. The summed E-state index contributed by atoms with van der Waals surface area (Å²) in [6.07, 6.45) is 3.31. The van der Waals surface area contributed by atoms with Gasteiger partial charge in [-0.05, 0) is 43.0 Å². The molecule has 3 heterocycles. The average Bonchev–Trinajstić information content (AvgIpc) is 2.99. The summed E-state index contributed by atoms with van der Waals surface area (Å²) >= 11 is 6.37. The van der Waals surface area contributed by atoms with E-state index < -0.39 is 22.0 Å². The van der Waals surface area contributed by atoms with E-state index in [1.807, 2.05) is 0 Å². The number of halogens is 1. The molecule has 10 heteroatoms. The Morgan fingerprint density at radius 3 is 2.77 bits per heavy atom. The lowest BCUT2D eigenvalue weighted by atomic mass is 10.0.